The first kappa shape index (κ1) is 17.2. The van der Waals surface area contributed by atoms with Gasteiger partial charge in [-0.25, -0.2) is 9.78 Å². The Kier molecular flexibility index (Phi) is 5.40. The molecule has 1 saturated carbocycles. The second-order valence-electron chi connectivity index (χ2n) is 6.05. The van der Waals surface area contributed by atoms with Crippen LogP contribution in [0.2, 0.25) is 0 Å². The molecule has 2 fully saturated rings. The molecule has 1 aliphatic heterocycles. The van der Waals surface area contributed by atoms with E-state index in [0.717, 1.165) is 40.6 Å². The molecule has 7 nitrogen and oxygen atoms in total. The molecule has 0 radical (unpaired) electrons. The van der Waals surface area contributed by atoms with E-state index in [1.165, 1.54) is 0 Å². The van der Waals surface area contributed by atoms with Crippen molar-refractivity contribution < 1.29 is 14.4 Å². The number of imide groups is 1. The predicted molar refractivity (Wildman–Crippen MR) is 92.0 cm³/mol. The molecule has 1 saturated heterocycles. The highest BCUT2D eigenvalue weighted by Crippen LogP contribution is 2.35. The van der Waals surface area contributed by atoms with Crippen molar-refractivity contribution in [3.63, 3.8) is 0 Å². The molecule has 1 aromatic rings. The van der Waals surface area contributed by atoms with Gasteiger partial charge in [-0.1, -0.05) is 11.8 Å². The number of carbonyl (C=O) groups is 3. The minimum Gasteiger partial charge on any atom is -0.352 e. The molecule has 24 heavy (non-hydrogen) atoms. The summed E-state index contributed by atoms with van der Waals surface area (Å²) < 4.78 is 1.11. The molecular weight excluding hydrogens is 348 g/mol. The molecule has 130 valence electrons. The van der Waals surface area contributed by atoms with Crippen molar-refractivity contribution in [1.29, 1.82) is 0 Å². The van der Waals surface area contributed by atoms with Crippen LogP contribution in [0.25, 0.3) is 0 Å². The van der Waals surface area contributed by atoms with E-state index < -0.39 is 6.03 Å². The fraction of sp³-hybridized carbons (Fsp3) is 0.600. The summed E-state index contributed by atoms with van der Waals surface area (Å²) in [6, 6.07) is -0.373. The molecule has 2 N–H and O–H groups in total. The number of nitrogens with one attached hydrogen (secondary N) is 2. The van der Waals surface area contributed by atoms with Crippen molar-refractivity contribution in [2.24, 2.45) is 0 Å². The zero-order valence-electron chi connectivity index (χ0n) is 13.4. The third kappa shape index (κ3) is 4.27. The van der Waals surface area contributed by atoms with Crippen LogP contribution < -0.4 is 10.6 Å². The molecule has 1 aliphatic carbocycles. The maximum absolute atomic E-state index is 12.0. The third-order valence-electron chi connectivity index (χ3n) is 4.14. The van der Waals surface area contributed by atoms with Crippen LogP contribution >= 0.6 is 23.1 Å². The maximum Gasteiger partial charge on any atom is 0.325 e. The van der Waals surface area contributed by atoms with Gasteiger partial charge < -0.3 is 10.6 Å². The number of rotatable bonds is 5. The average Bonchev–Trinajstić information content (AvgIpc) is 3.09. The zero-order valence-corrected chi connectivity index (χ0v) is 15.0. The predicted octanol–water partition coefficient (Wildman–Crippen LogP) is 1.52. The minimum absolute atomic E-state index is 0.0231. The van der Waals surface area contributed by atoms with Crippen LogP contribution in [-0.2, 0) is 9.59 Å². The standard InChI is InChI=1S/C15H20N4O3S2/c1-9-8-23-15(17-9)24-11-4-2-10(3-5-11)18-12(20)7-19-13(21)6-16-14(19)22/h8,10-11H,2-7H2,1H3,(H,16,22)(H,18,20). The summed E-state index contributed by atoms with van der Waals surface area (Å²) in [5.41, 5.74) is 1.06. The van der Waals surface area contributed by atoms with Crippen LogP contribution in [0.1, 0.15) is 31.4 Å². The number of nitrogens with zero attached hydrogens (tertiary/aromatic N) is 2. The van der Waals surface area contributed by atoms with Crippen molar-refractivity contribution in [1.82, 2.24) is 20.5 Å². The average molecular weight is 368 g/mol. The highest BCUT2D eigenvalue weighted by molar-refractivity contribution is 8.01. The number of aromatic nitrogens is 1. The summed E-state index contributed by atoms with van der Waals surface area (Å²) >= 11 is 3.50. The SMILES string of the molecule is Cc1csc(SC2CCC(NC(=O)CN3C(=O)CNC3=O)CC2)n1. The van der Waals surface area contributed by atoms with Crippen LogP contribution in [0.15, 0.2) is 9.72 Å². The molecular formula is C15H20N4O3S2. The van der Waals surface area contributed by atoms with Gasteiger partial charge in [-0.15, -0.1) is 11.3 Å². The van der Waals surface area contributed by atoms with E-state index in [1.807, 2.05) is 18.7 Å². The molecule has 2 aliphatic rings. The second kappa shape index (κ2) is 7.52. The molecule has 0 bridgehead atoms. The third-order valence-corrected chi connectivity index (χ3v) is 6.57. The number of hydrogen-bond donors (Lipinski definition) is 2. The summed E-state index contributed by atoms with van der Waals surface area (Å²) in [6.45, 7) is 1.78. The summed E-state index contributed by atoms with van der Waals surface area (Å²) in [5, 5.41) is 7.95. The normalized spacial score (nSPS) is 24.1. The Morgan fingerprint density at radius 2 is 2.17 bits per heavy atom. The van der Waals surface area contributed by atoms with E-state index in [9.17, 15) is 14.4 Å². The Hall–Kier alpha value is -1.61. The van der Waals surface area contributed by atoms with Gasteiger partial charge in [-0.2, -0.15) is 0 Å². The molecule has 2 heterocycles. The van der Waals surface area contributed by atoms with E-state index in [0.29, 0.717) is 5.25 Å². The van der Waals surface area contributed by atoms with E-state index in [-0.39, 0.29) is 30.9 Å². The minimum atomic E-state index is -0.492. The number of thioether (sulfide) groups is 1. The van der Waals surface area contributed by atoms with Crippen LogP contribution in [0.4, 0.5) is 4.79 Å². The Bertz CT molecular complexity index is 624. The van der Waals surface area contributed by atoms with Crippen molar-refractivity contribution in [2.45, 2.75) is 48.2 Å². The Morgan fingerprint density at radius 3 is 2.75 bits per heavy atom. The first-order valence-electron chi connectivity index (χ1n) is 7.97. The van der Waals surface area contributed by atoms with Crippen molar-refractivity contribution in [2.75, 3.05) is 13.1 Å². The fourth-order valence-electron chi connectivity index (χ4n) is 2.89. The van der Waals surface area contributed by atoms with Crippen LogP contribution in [0, 0.1) is 6.92 Å². The Morgan fingerprint density at radius 1 is 1.42 bits per heavy atom. The number of amides is 4. The van der Waals surface area contributed by atoms with Crippen LogP contribution in [-0.4, -0.2) is 52.1 Å². The number of hydrogen-bond acceptors (Lipinski definition) is 6. The lowest BCUT2D eigenvalue weighted by Gasteiger charge is -2.28. The van der Waals surface area contributed by atoms with E-state index in [2.05, 4.69) is 21.0 Å². The number of aryl methyl sites for hydroxylation is 1. The van der Waals surface area contributed by atoms with E-state index in [1.54, 1.807) is 11.3 Å². The smallest absolute Gasteiger partial charge is 0.325 e. The fourth-order valence-corrected chi connectivity index (χ4v) is 5.17. The Balaban J connectivity index is 1.41. The highest BCUT2D eigenvalue weighted by atomic mass is 32.2. The second-order valence-corrected chi connectivity index (χ2v) is 8.46. The van der Waals surface area contributed by atoms with Crippen LogP contribution in [0.3, 0.4) is 0 Å². The van der Waals surface area contributed by atoms with Crippen molar-refractivity contribution >= 4 is 40.9 Å². The molecule has 0 atom stereocenters. The van der Waals surface area contributed by atoms with Crippen LogP contribution in [0.5, 0.6) is 0 Å². The first-order valence-corrected chi connectivity index (χ1v) is 9.73. The van der Waals surface area contributed by atoms with Gasteiger partial charge in [0, 0.05) is 22.4 Å². The summed E-state index contributed by atoms with van der Waals surface area (Å²) in [7, 11) is 0. The van der Waals surface area contributed by atoms with Crippen molar-refractivity contribution in [3.05, 3.63) is 11.1 Å². The molecule has 3 rings (SSSR count). The van der Waals surface area contributed by atoms with Gasteiger partial charge in [0.1, 0.15) is 10.9 Å². The lowest BCUT2D eigenvalue weighted by Crippen LogP contribution is -2.45. The number of thiazole rings is 1. The summed E-state index contributed by atoms with van der Waals surface area (Å²) in [6.07, 6.45) is 3.87. The van der Waals surface area contributed by atoms with Gasteiger partial charge in [0.15, 0.2) is 0 Å². The lowest BCUT2D eigenvalue weighted by molar-refractivity contribution is -0.131. The molecule has 4 amide bonds. The summed E-state index contributed by atoms with van der Waals surface area (Å²) in [5.74, 6) is -0.624. The first-order chi connectivity index (χ1) is 11.5. The quantitative estimate of drug-likeness (QED) is 0.769. The van der Waals surface area contributed by atoms with Gasteiger partial charge in [0.25, 0.3) is 5.91 Å². The molecule has 1 aromatic heterocycles. The number of urea groups is 1. The summed E-state index contributed by atoms with van der Waals surface area (Å²) in [4.78, 5) is 40.4. The largest absolute Gasteiger partial charge is 0.352 e. The van der Waals surface area contributed by atoms with Gasteiger partial charge in [-0.05, 0) is 32.6 Å². The molecule has 0 unspecified atom stereocenters. The maximum atomic E-state index is 12.0. The van der Waals surface area contributed by atoms with Gasteiger partial charge in [0.05, 0.1) is 6.54 Å². The number of carbonyl (C=O) groups excluding carboxylic acids is 3. The van der Waals surface area contributed by atoms with Crippen molar-refractivity contribution in [3.8, 4) is 0 Å². The van der Waals surface area contributed by atoms with E-state index >= 15 is 0 Å². The van der Waals surface area contributed by atoms with E-state index in [4.69, 9.17) is 0 Å². The molecule has 0 spiro atoms. The van der Waals surface area contributed by atoms with Gasteiger partial charge in [0.2, 0.25) is 5.91 Å². The lowest BCUT2D eigenvalue weighted by atomic mass is 9.95. The molecule has 0 aromatic carbocycles. The highest BCUT2D eigenvalue weighted by Gasteiger charge is 2.31. The molecule has 9 heteroatoms. The zero-order chi connectivity index (χ0) is 17.1. The Labute approximate surface area is 148 Å². The van der Waals surface area contributed by atoms with Gasteiger partial charge >= 0.3 is 6.03 Å². The van der Waals surface area contributed by atoms with Gasteiger partial charge in [-0.3, -0.25) is 14.5 Å². The monoisotopic (exact) mass is 368 g/mol. The topological polar surface area (TPSA) is 91.4 Å².